The molecule has 2 amide bonds. The molecule has 1 saturated heterocycles. The van der Waals surface area contributed by atoms with E-state index < -0.39 is 0 Å². The summed E-state index contributed by atoms with van der Waals surface area (Å²) in [6, 6.07) is 1.80. The average Bonchev–Trinajstić information content (AvgIpc) is 2.84. The van der Waals surface area contributed by atoms with Gasteiger partial charge in [-0.2, -0.15) is 0 Å². The van der Waals surface area contributed by atoms with Crippen LogP contribution in [0.3, 0.4) is 0 Å². The molecule has 1 aliphatic heterocycles. The van der Waals surface area contributed by atoms with Gasteiger partial charge < -0.3 is 10.6 Å². The van der Waals surface area contributed by atoms with Crippen molar-refractivity contribution in [1.82, 2.24) is 4.90 Å². The highest BCUT2D eigenvalue weighted by Crippen LogP contribution is 2.24. The summed E-state index contributed by atoms with van der Waals surface area (Å²) in [6.45, 7) is 1.06. The van der Waals surface area contributed by atoms with Crippen molar-refractivity contribution in [1.29, 1.82) is 0 Å². The second-order valence-electron chi connectivity index (χ2n) is 3.77. The van der Waals surface area contributed by atoms with Crippen molar-refractivity contribution in [3.63, 3.8) is 0 Å². The van der Waals surface area contributed by atoms with Gasteiger partial charge in [0.1, 0.15) is 0 Å². The number of nitrogens with two attached hydrogens (primary N) is 1. The highest BCUT2D eigenvalue weighted by Gasteiger charge is 2.30. The summed E-state index contributed by atoms with van der Waals surface area (Å²) >= 11 is 4.71. The van der Waals surface area contributed by atoms with Crippen LogP contribution < -0.4 is 5.73 Å². The van der Waals surface area contributed by atoms with Crippen molar-refractivity contribution < 1.29 is 9.59 Å². The first-order valence-corrected chi connectivity index (χ1v) is 6.58. The monoisotopic (exact) mass is 302 g/mol. The first kappa shape index (κ1) is 11.6. The third-order valence-corrected chi connectivity index (χ3v) is 4.34. The number of nitrogens with zero attached hydrogens (tertiary/aromatic N) is 1. The van der Waals surface area contributed by atoms with E-state index in [1.807, 2.05) is 5.38 Å². The number of primary amides is 1. The Morgan fingerprint density at radius 2 is 2.31 bits per heavy atom. The molecule has 1 aromatic heterocycles. The first-order valence-electron chi connectivity index (χ1n) is 4.90. The Kier molecular flexibility index (Phi) is 3.30. The largest absolute Gasteiger partial charge is 0.369 e. The van der Waals surface area contributed by atoms with E-state index in [-0.39, 0.29) is 17.7 Å². The molecule has 0 saturated carbocycles. The predicted molar refractivity (Wildman–Crippen MR) is 65.2 cm³/mol. The quantitative estimate of drug-likeness (QED) is 0.899. The third-order valence-electron chi connectivity index (χ3n) is 2.66. The molecule has 6 heteroatoms. The standard InChI is InChI=1S/C10H11BrN2O2S/c11-7-3-8(16-5-7)10(15)13-2-1-6(4-13)9(12)14/h3,5-6H,1-2,4H2,(H2,12,14)/t6-/m1/s1. The molecule has 4 nitrogen and oxygen atoms in total. The summed E-state index contributed by atoms with van der Waals surface area (Å²) in [7, 11) is 0. The van der Waals surface area contributed by atoms with Gasteiger partial charge in [0, 0.05) is 22.9 Å². The minimum absolute atomic E-state index is 0.0144. The number of hydrogen-bond donors (Lipinski definition) is 1. The van der Waals surface area contributed by atoms with Gasteiger partial charge in [0.2, 0.25) is 5.91 Å². The lowest BCUT2D eigenvalue weighted by Crippen LogP contribution is -2.31. The third kappa shape index (κ3) is 2.27. The molecule has 0 bridgehead atoms. The van der Waals surface area contributed by atoms with Gasteiger partial charge in [-0.15, -0.1) is 11.3 Å². The molecule has 86 valence electrons. The molecule has 2 rings (SSSR count). The number of hydrogen-bond acceptors (Lipinski definition) is 3. The minimum atomic E-state index is -0.317. The lowest BCUT2D eigenvalue weighted by Gasteiger charge is -2.14. The summed E-state index contributed by atoms with van der Waals surface area (Å²) in [5, 5.41) is 1.87. The van der Waals surface area contributed by atoms with Crippen molar-refractivity contribution in [2.24, 2.45) is 11.7 Å². The number of carbonyl (C=O) groups is 2. The fourth-order valence-electron chi connectivity index (χ4n) is 1.76. The maximum atomic E-state index is 12.0. The van der Waals surface area contributed by atoms with Crippen LogP contribution in [-0.2, 0) is 4.79 Å². The summed E-state index contributed by atoms with van der Waals surface area (Å²) in [5.74, 6) is -0.519. The summed E-state index contributed by atoms with van der Waals surface area (Å²) in [6.07, 6.45) is 0.674. The van der Waals surface area contributed by atoms with Gasteiger partial charge in [0.15, 0.2) is 0 Å². The van der Waals surface area contributed by atoms with Gasteiger partial charge in [-0.05, 0) is 28.4 Å². The van der Waals surface area contributed by atoms with Crippen LogP contribution in [0.2, 0.25) is 0 Å². The molecule has 2 N–H and O–H groups in total. The van der Waals surface area contributed by atoms with Gasteiger partial charge in [0.05, 0.1) is 10.8 Å². The fraction of sp³-hybridized carbons (Fsp3) is 0.400. The number of thiophene rings is 1. The Hall–Kier alpha value is -0.880. The number of halogens is 1. The van der Waals surface area contributed by atoms with Crippen molar-refractivity contribution in [3.8, 4) is 0 Å². The van der Waals surface area contributed by atoms with Gasteiger partial charge in [-0.25, -0.2) is 0 Å². The molecule has 1 aliphatic rings. The number of likely N-dealkylation sites (tertiary alicyclic amines) is 1. The average molecular weight is 303 g/mol. The van der Waals surface area contributed by atoms with Gasteiger partial charge >= 0.3 is 0 Å². The van der Waals surface area contributed by atoms with Crippen LogP contribution in [0.1, 0.15) is 16.1 Å². The Labute approximate surface area is 106 Å². The van der Waals surface area contributed by atoms with E-state index in [2.05, 4.69) is 15.9 Å². The molecule has 0 spiro atoms. The highest BCUT2D eigenvalue weighted by atomic mass is 79.9. The Bertz CT molecular complexity index is 432. The van der Waals surface area contributed by atoms with Crippen LogP contribution in [0.4, 0.5) is 0 Å². The maximum absolute atomic E-state index is 12.0. The van der Waals surface area contributed by atoms with Gasteiger partial charge in [-0.3, -0.25) is 9.59 Å². The van der Waals surface area contributed by atoms with E-state index in [1.54, 1.807) is 11.0 Å². The number of rotatable bonds is 2. The second kappa shape index (κ2) is 4.55. The molecule has 16 heavy (non-hydrogen) atoms. The lowest BCUT2D eigenvalue weighted by atomic mass is 10.1. The van der Waals surface area contributed by atoms with Crippen molar-refractivity contribution in [2.45, 2.75) is 6.42 Å². The molecular formula is C10H11BrN2O2S. The summed E-state index contributed by atoms with van der Waals surface area (Å²) in [5.41, 5.74) is 5.22. The van der Waals surface area contributed by atoms with Crippen LogP contribution in [0.25, 0.3) is 0 Å². The summed E-state index contributed by atoms with van der Waals surface area (Å²) in [4.78, 5) is 25.4. The maximum Gasteiger partial charge on any atom is 0.263 e. The van der Waals surface area contributed by atoms with Crippen LogP contribution in [0.5, 0.6) is 0 Å². The molecule has 1 fully saturated rings. The zero-order valence-corrected chi connectivity index (χ0v) is 10.9. The zero-order valence-electron chi connectivity index (χ0n) is 8.48. The predicted octanol–water partition coefficient (Wildman–Crippen LogP) is 1.46. The Morgan fingerprint density at radius 3 is 2.81 bits per heavy atom. The molecule has 0 aliphatic carbocycles. The smallest absolute Gasteiger partial charge is 0.263 e. The van der Waals surface area contributed by atoms with Crippen LogP contribution in [-0.4, -0.2) is 29.8 Å². The van der Waals surface area contributed by atoms with Crippen LogP contribution in [0, 0.1) is 5.92 Å². The molecule has 0 unspecified atom stereocenters. The van der Waals surface area contributed by atoms with Crippen LogP contribution in [0.15, 0.2) is 15.9 Å². The van der Waals surface area contributed by atoms with Crippen LogP contribution >= 0.6 is 27.3 Å². The van der Waals surface area contributed by atoms with Gasteiger partial charge in [-0.1, -0.05) is 0 Å². The molecule has 0 aromatic carbocycles. The van der Waals surface area contributed by atoms with E-state index in [0.29, 0.717) is 24.4 Å². The SMILES string of the molecule is NC(=O)[C@@H]1CCN(C(=O)c2cc(Br)cs2)C1. The lowest BCUT2D eigenvalue weighted by molar-refractivity contribution is -0.121. The van der Waals surface area contributed by atoms with E-state index >= 15 is 0 Å². The highest BCUT2D eigenvalue weighted by molar-refractivity contribution is 9.10. The fourth-order valence-corrected chi connectivity index (χ4v) is 3.15. The Balaban J connectivity index is 2.05. The van der Waals surface area contributed by atoms with Gasteiger partial charge in [0.25, 0.3) is 5.91 Å². The normalized spacial score (nSPS) is 20.1. The van der Waals surface area contributed by atoms with Crippen molar-refractivity contribution >= 4 is 39.1 Å². The molecular weight excluding hydrogens is 292 g/mol. The van der Waals surface area contributed by atoms with E-state index in [1.165, 1.54) is 11.3 Å². The molecule has 2 heterocycles. The van der Waals surface area contributed by atoms with Crippen molar-refractivity contribution in [3.05, 3.63) is 20.8 Å². The van der Waals surface area contributed by atoms with E-state index in [9.17, 15) is 9.59 Å². The molecule has 1 atom stereocenters. The molecule has 1 aromatic rings. The first-order chi connectivity index (χ1) is 7.58. The summed E-state index contributed by atoms with van der Waals surface area (Å²) < 4.78 is 0.909. The molecule has 0 radical (unpaired) electrons. The van der Waals surface area contributed by atoms with Crippen molar-refractivity contribution in [2.75, 3.05) is 13.1 Å². The Morgan fingerprint density at radius 1 is 1.56 bits per heavy atom. The number of amides is 2. The van der Waals surface area contributed by atoms with E-state index in [4.69, 9.17) is 5.73 Å². The second-order valence-corrected chi connectivity index (χ2v) is 5.60. The van der Waals surface area contributed by atoms with E-state index in [0.717, 1.165) is 4.47 Å². The zero-order chi connectivity index (χ0) is 11.7. The topological polar surface area (TPSA) is 63.4 Å². The minimum Gasteiger partial charge on any atom is -0.369 e. The number of carbonyl (C=O) groups excluding carboxylic acids is 2.